The van der Waals surface area contributed by atoms with Crippen LogP contribution in [0.4, 0.5) is 4.39 Å². The molecule has 7 heteroatoms. The molecule has 0 aliphatic heterocycles. The molecule has 0 spiro atoms. The van der Waals surface area contributed by atoms with Gasteiger partial charge in [0.15, 0.2) is 0 Å². The number of benzene rings is 2. The maximum absolute atomic E-state index is 13.5. The second kappa shape index (κ2) is 5.86. The molecule has 2 aromatic carbocycles. The third-order valence-corrected chi connectivity index (χ3v) is 4.80. The summed E-state index contributed by atoms with van der Waals surface area (Å²) in [6.45, 7) is 0.129. The fourth-order valence-electron chi connectivity index (χ4n) is 2.19. The van der Waals surface area contributed by atoms with E-state index >= 15 is 0 Å². The third-order valence-electron chi connectivity index (χ3n) is 3.35. The number of aromatic amines is 1. The van der Waals surface area contributed by atoms with Crippen LogP contribution in [0.3, 0.4) is 0 Å². The van der Waals surface area contributed by atoms with Crippen molar-refractivity contribution in [1.82, 2.24) is 14.7 Å². The van der Waals surface area contributed by atoms with Gasteiger partial charge in [-0.15, -0.1) is 0 Å². The Kier molecular flexibility index (Phi) is 3.91. The van der Waals surface area contributed by atoms with Gasteiger partial charge in [-0.05, 0) is 36.2 Å². The Bertz CT molecular complexity index is 906. The molecule has 0 saturated carbocycles. The van der Waals surface area contributed by atoms with Crippen molar-refractivity contribution in [3.63, 3.8) is 0 Å². The predicted molar refractivity (Wildman–Crippen MR) is 81.4 cm³/mol. The van der Waals surface area contributed by atoms with Crippen molar-refractivity contribution in [2.45, 2.75) is 11.3 Å². The van der Waals surface area contributed by atoms with Crippen molar-refractivity contribution >= 4 is 21.1 Å². The minimum Gasteiger partial charge on any atom is -0.345 e. The van der Waals surface area contributed by atoms with Crippen LogP contribution in [-0.2, 0) is 16.4 Å². The molecule has 0 bridgehead atoms. The highest BCUT2D eigenvalue weighted by Gasteiger charge is 2.14. The summed E-state index contributed by atoms with van der Waals surface area (Å²) in [5.74, 6) is -0.333. The number of nitrogens with zero attached hydrogens (tertiary/aromatic N) is 1. The fraction of sp³-hybridized carbons (Fsp3) is 0.133. The Morgan fingerprint density at radius 1 is 1.18 bits per heavy atom. The van der Waals surface area contributed by atoms with Crippen LogP contribution in [-0.4, -0.2) is 24.9 Å². The maximum atomic E-state index is 13.5. The summed E-state index contributed by atoms with van der Waals surface area (Å²) in [5, 5.41) is 0. The van der Waals surface area contributed by atoms with Gasteiger partial charge in [0.25, 0.3) is 0 Å². The number of H-pyrrole nitrogens is 1. The molecule has 1 heterocycles. The second-order valence-electron chi connectivity index (χ2n) is 4.82. The molecule has 0 saturated heterocycles. The average molecular weight is 319 g/mol. The average Bonchev–Trinajstić information content (AvgIpc) is 2.96. The van der Waals surface area contributed by atoms with E-state index in [1.807, 2.05) is 0 Å². The highest BCUT2D eigenvalue weighted by molar-refractivity contribution is 7.89. The van der Waals surface area contributed by atoms with E-state index in [-0.39, 0.29) is 23.7 Å². The van der Waals surface area contributed by atoms with Crippen LogP contribution in [0.25, 0.3) is 11.0 Å². The van der Waals surface area contributed by atoms with Crippen LogP contribution < -0.4 is 4.72 Å². The van der Waals surface area contributed by atoms with Gasteiger partial charge in [0.1, 0.15) is 5.82 Å². The minimum absolute atomic E-state index is 0.129. The first kappa shape index (κ1) is 14.7. The molecule has 0 aliphatic rings. The molecular formula is C15H14FN3O2S. The lowest BCUT2D eigenvalue weighted by Crippen LogP contribution is -2.26. The van der Waals surface area contributed by atoms with Crippen LogP contribution >= 0.6 is 0 Å². The van der Waals surface area contributed by atoms with Gasteiger partial charge in [0.05, 0.1) is 22.3 Å². The Labute approximate surface area is 127 Å². The lowest BCUT2D eigenvalue weighted by Gasteiger charge is -2.07. The summed E-state index contributed by atoms with van der Waals surface area (Å²) < 4.78 is 40.4. The summed E-state index contributed by atoms with van der Waals surface area (Å²) >= 11 is 0. The number of sulfonamides is 1. The molecule has 3 rings (SSSR count). The van der Waals surface area contributed by atoms with E-state index in [9.17, 15) is 12.8 Å². The van der Waals surface area contributed by atoms with Crippen LogP contribution in [0.15, 0.2) is 53.7 Å². The number of aromatic nitrogens is 2. The van der Waals surface area contributed by atoms with E-state index in [1.165, 1.54) is 24.5 Å². The summed E-state index contributed by atoms with van der Waals surface area (Å²) in [4.78, 5) is 7.06. The molecule has 22 heavy (non-hydrogen) atoms. The summed E-state index contributed by atoms with van der Waals surface area (Å²) in [6, 6.07) is 11.0. The quantitative estimate of drug-likeness (QED) is 0.757. The minimum atomic E-state index is -3.63. The highest BCUT2D eigenvalue weighted by atomic mass is 32.2. The Hall–Kier alpha value is -2.25. The third kappa shape index (κ3) is 3.00. The van der Waals surface area contributed by atoms with E-state index in [2.05, 4.69) is 14.7 Å². The highest BCUT2D eigenvalue weighted by Crippen LogP contribution is 2.16. The van der Waals surface area contributed by atoms with Gasteiger partial charge in [-0.1, -0.05) is 18.2 Å². The van der Waals surface area contributed by atoms with Crippen molar-refractivity contribution < 1.29 is 12.8 Å². The number of hydrogen-bond donors (Lipinski definition) is 2. The van der Waals surface area contributed by atoms with Gasteiger partial charge in [-0.25, -0.2) is 22.5 Å². The molecule has 0 aliphatic carbocycles. The van der Waals surface area contributed by atoms with Crippen LogP contribution in [0.1, 0.15) is 5.56 Å². The SMILES string of the molecule is O=S(=O)(NCCc1ccccc1F)c1ccc2nc[nH]c2c1. The first-order valence-corrected chi connectivity index (χ1v) is 8.21. The van der Waals surface area contributed by atoms with Crippen molar-refractivity contribution in [3.8, 4) is 0 Å². The number of imidazole rings is 1. The van der Waals surface area contributed by atoms with Gasteiger partial charge in [-0.3, -0.25) is 0 Å². The zero-order valence-electron chi connectivity index (χ0n) is 11.6. The number of nitrogens with one attached hydrogen (secondary N) is 2. The van der Waals surface area contributed by atoms with Gasteiger partial charge >= 0.3 is 0 Å². The molecule has 3 aromatic rings. The summed E-state index contributed by atoms with van der Waals surface area (Å²) in [5.41, 5.74) is 1.83. The van der Waals surface area contributed by atoms with E-state index in [4.69, 9.17) is 0 Å². The molecule has 0 atom stereocenters. The number of halogens is 1. The second-order valence-corrected chi connectivity index (χ2v) is 6.59. The standard InChI is InChI=1S/C15H14FN3O2S/c16-13-4-2-1-3-11(13)7-8-19-22(20,21)12-5-6-14-15(9-12)18-10-17-14/h1-6,9-10,19H,7-8H2,(H,17,18). The van der Waals surface area contributed by atoms with Crippen molar-refractivity contribution in [2.24, 2.45) is 0 Å². The van der Waals surface area contributed by atoms with Crippen LogP contribution in [0, 0.1) is 5.82 Å². The molecule has 2 N–H and O–H groups in total. The summed E-state index contributed by atoms with van der Waals surface area (Å²) in [7, 11) is -3.63. The number of hydrogen-bond acceptors (Lipinski definition) is 3. The van der Waals surface area contributed by atoms with Gasteiger partial charge in [0, 0.05) is 6.54 Å². The van der Waals surface area contributed by atoms with Gasteiger partial charge in [-0.2, -0.15) is 0 Å². The first-order valence-electron chi connectivity index (χ1n) is 6.72. The molecule has 0 radical (unpaired) electrons. The zero-order valence-corrected chi connectivity index (χ0v) is 12.4. The topological polar surface area (TPSA) is 74.8 Å². The van der Waals surface area contributed by atoms with Crippen LogP contribution in [0.2, 0.25) is 0 Å². The fourth-order valence-corrected chi connectivity index (χ4v) is 3.24. The van der Waals surface area contributed by atoms with Gasteiger partial charge < -0.3 is 4.98 Å². The molecule has 0 amide bonds. The Balaban J connectivity index is 1.72. The normalized spacial score (nSPS) is 11.9. The molecular weight excluding hydrogens is 305 g/mol. The Morgan fingerprint density at radius 2 is 2.00 bits per heavy atom. The largest absolute Gasteiger partial charge is 0.345 e. The van der Waals surface area contributed by atoms with Crippen molar-refractivity contribution in [2.75, 3.05) is 6.54 Å². The summed E-state index contributed by atoms with van der Waals surface area (Å²) in [6.07, 6.45) is 1.80. The van der Waals surface area contributed by atoms with Gasteiger partial charge in [0.2, 0.25) is 10.0 Å². The lowest BCUT2D eigenvalue weighted by molar-refractivity contribution is 0.577. The molecule has 1 aromatic heterocycles. The predicted octanol–water partition coefficient (Wildman–Crippen LogP) is 2.22. The molecule has 0 unspecified atom stereocenters. The zero-order chi connectivity index (χ0) is 15.6. The molecule has 114 valence electrons. The van der Waals surface area contributed by atoms with E-state index in [0.29, 0.717) is 16.6 Å². The number of rotatable bonds is 5. The lowest BCUT2D eigenvalue weighted by atomic mass is 10.1. The Morgan fingerprint density at radius 3 is 2.82 bits per heavy atom. The monoisotopic (exact) mass is 319 g/mol. The smallest absolute Gasteiger partial charge is 0.240 e. The maximum Gasteiger partial charge on any atom is 0.240 e. The van der Waals surface area contributed by atoms with E-state index in [0.717, 1.165) is 0 Å². The van der Waals surface area contributed by atoms with Crippen molar-refractivity contribution in [1.29, 1.82) is 0 Å². The molecule has 5 nitrogen and oxygen atoms in total. The number of fused-ring (bicyclic) bond motifs is 1. The van der Waals surface area contributed by atoms with E-state index < -0.39 is 10.0 Å². The molecule has 0 fully saturated rings. The van der Waals surface area contributed by atoms with E-state index in [1.54, 1.807) is 24.3 Å². The first-order chi connectivity index (χ1) is 10.6. The van der Waals surface area contributed by atoms with Crippen molar-refractivity contribution in [3.05, 3.63) is 60.2 Å². The van der Waals surface area contributed by atoms with Crippen LogP contribution in [0.5, 0.6) is 0 Å².